The van der Waals surface area contributed by atoms with E-state index in [1.54, 1.807) is 6.07 Å². The van der Waals surface area contributed by atoms with Crippen LogP contribution in [0.15, 0.2) is 18.2 Å². The maximum atomic E-state index is 13.5. The predicted octanol–water partition coefficient (Wildman–Crippen LogP) is 2.37. The molecular weight excluding hydrogens is 338 g/mol. The lowest BCUT2D eigenvalue weighted by atomic mass is 9.86. The van der Waals surface area contributed by atoms with Crippen molar-refractivity contribution in [2.24, 2.45) is 5.92 Å². The van der Waals surface area contributed by atoms with Crippen molar-refractivity contribution >= 4 is 18.3 Å². The summed E-state index contributed by atoms with van der Waals surface area (Å²) in [6.07, 6.45) is 3.14. The number of hydrogen-bond donors (Lipinski definition) is 2. The molecule has 1 saturated carbocycles. The molecule has 1 aromatic rings. The highest BCUT2D eigenvalue weighted by Crippen LogP contribution is 2.29. The number of piperidine rings is 1. The van der Waals surface area contributed by atoms with Crippen molar-refractivity contribution in [2.75, 3.05) is 26.3 Å². The first kappa shape index (κ1) is 19.1. The lowest BCUT2D eigenvalue weighted by Gasteiger charge is -2.33. The summed E-state index contributed by atoms with van der Waals surface area (Å²) in [5.74, 6) is -1.27. The van der Waals surface area contributed by atoms with Crippen molar-refractivity contribution in [3.63, 3.8) is 0 Å². The van der Waals surface area contributed by atoms with Crippen LogP contribution in [-0.2, 0) is 9.53 Å². The first-order valence-electron chi connectivity index (χ1n) is 8.16. The fourth-order valence-corrected chi connectivity index (χ4v) is 3.00. The van der Waals surface area contributed by atoms with Crippen LogP contribution in [0.5, 0.6) is 0 Å². The number of amides is 1. The Morgan fingerprint density at radius 3 is 2.75 bits per heavy atom. The smallest absolute Gasteiger partial charge is 0.246 e. The van der Waals surface area contributed by atoms with Gasteiger partial charge in [-0.3, -0.25) is 4.79 Å². The molecule has 4 nitrogen and oxygen atoms in total. The number of rotatable bonds is 6. The first-order valence-corrected chi connectivity index (χ1v) is 8.16. The Bertz CT molecular complexity index is 570. The number of ether oxygens (including phenoxy) is 1. The monoisotopic (exact) mass is 360 g/mol. The molecule has 1 aromatic carbocycles. The van der Waals surface area contributed by atoms with Crippen LogP contribution in [0.4, 0.5) is 8.78 Å². The quantitative estimate of drug-likeness (QED) is 0.819. The minimum absolute atomic E-state index is 0. The summed E-state index contributed by atoms with van der Waals surface area (Å²) in [6.45, 7) is 2.09. The zero-order valence-corrected chi connectivity index (χ0v) is 14.2. The van der Waals surface area contributed by atoms with Gasteiger partial charge in [0, 0.05) is 18.5 Å². The maximum Gasteiger partial charge on any atom is 0.246 e. The molecule has 2 fully saturated rings. The van der Waals surface area contributed by atoms with Gasteiger partial charge < -0.3 is 15.4 Å². The van der Waals surface area contributed by atoms with Gasteiger partial charge in [0.15, 0.2) is 11.6 Å². The van der Waals surface area contributed by atoms with E-state index in [0.717, 1.165) is 24.6 Å². The van der Waals surface area contributed by atoms with E-state index >= 15 is 0 Å². The Morgan fingerprint density at radius 2 is 2.04 bits per heavy atom. The van der Waals surface area contributed by atoms with E-state index in [2.05, 4.69) is 10.6 Å². The molecule has 134 valence electrons. The second-order valence-electron chi connectivity index (χ2n) is 6.41. The highest BCUT2D eigenvalue weighted by Gasteiger charge is 2.28. The summed E-state index contributed by atoms with van der Waals surface area (Å²) < 4.78 is 32.0. The molecule has 2 unspecified atom stereocenters. The molecule has 1 amide bonds. The SMILES string of the molecule is Cl.O=C(COCC1CC1)NC1CNCCC1c1ccc(F)c(F)c1. The average Bonchev–Trinajstić information content (AvgIpc) is 3.35. The van der Waals surface area contributed by atoms with E-state index in [1.165, 1.54) is 18.9 Å². The van der Waals surface area contributed by atoms with Crippen molar-refractivity contribution in [2.45, 2.75) is 31.2 Å². The first-order chi connectivity index (χ1) is 11.1. The van der Waals surface area contributed by atoms with Crippen LogP contribution in [0, 0.1) is 17.6 Å². The molecule has 0 radical (unpaired) electrons. The zero-order valence-electron chi connectivity index (χ0n) is 13.4. The molecule has 0 aromatic heterocycles. The van der Waals surface area contributed by atoms with Crippen LogP contribution >= 0.6 is 12.4 Å². The Labute approximate surface area is 146 Å². The standard InChI is InChI=1S/C17H22F2N2O2.ClH/c18-14-4-3-12(7-15(14)19)13-5-6-20-8-16(13)21-17(22)10-23-9-11-1-2-11;/h3-4,7,11,13,16,20H,1-2,5-6,8-10H2,(H,21,22);1H. The van der Waals surface area contributed by atoms with E-state index in [0.29, 0.717) is 19.1 Å². The van der Waals surface area contributed by atoms with Crippen LogP contribution in [0.3, 0.4) is 0 Å². The lowest BCUT2D eigenvalue weighted by molar-refractivity contribution is -0.126. The molecule has 3 rings (SSSR count). The molecule has 2 aliphatic rings. The summed E-state index contributed by atoms with van der Waals surface area (Å²) in [5.41, 5.74) is 0.717. The number of carbonyl (C=O) groups excluding carboxylic acids is 1. The molecule has 1 aliphatic heterocycles. The number of carbonyl (C=O) groups is 1. The summed E-state index contributed by atoms with van der Waals surface area (Å²) in [6, 6.07) is 3.82. The highest BCUT2D eigenvalue weighted by atomic mass is 35.5. The van der Waals surface area contributed by atoms with Crippen molar-refractivity contribution in [3.8, 4) is 0 Å². The van der Waals surface area contributed by atoms with Crippen LogP contribution in [0.25, 0.3) is 0 Å². The number of nitrogens with one attached hydrogen (secondary N) is 2. The Morgan fingerprint density at radius 1 is 1.25 bits per heavy atom. The molecule has 2 atom stereocenters. The van der Waals surface area contributed by atoms with E-state index in [9.17, 15) is 13.6 Å². The van der Waals surface area contributed by atoms with Gasteiger partial charge in [0.25, 0.3) is 0 Å². The lowest BCUT2D eigenvalue weighted by Crippen LogP contribution is -2.50. The third kappa shape index (κ3) is 5.13. The third-order valence-electron chi connectivity index (χ3n) is 4.48. The second-order valence-corrected chi connectivity index (χ2v) is 6.41. The van der Waals surface area contributed by atoms with Crippen LogP contribution in [0.1, 0.15) is 30.7 Å². The van der Waals surface area contributed by atoms with E-state index in [-0.39, 0.29) is 36.9 Å². The van der Waals surface area contributed by atoms with Crippen molar-refractivity contribution in [1.82, 2.24) is 10.6 Å². The van der Waals surface area contributed by atoms with Gasteiger partial charge in [-0.1, -0.05) is 6.07 Å². The average molecular weight is 361 g/mol. The van der Waals surface area contributed by atoms with Crippen molar-refractivity contribution in [3.05, 3.63) is 35.4 Å². The van der Waals surface area contributed by atoms with Crippen LogP contribution < -0.4 is 10.6 Å². The zero-order chi connectivity index (χ0) is 16.2. The van der Waals surface area contributed by atoms with Gasteiger partial charge in [-0.05, 0) is 49.4 Å². The summed E-state index contributed by atoms with van der Waals surface area (Å²) >= 11 is 0. The third-order valence-corrected chi connectivity index (χ3v) is 4.48. The molecular formula is C17H23ClF2N2O2. The van der Waals surface area contributed by atoms with Gasteiger partial charge in [-0.15, -0.1) is 12.4 Å². The molecule has 24 heavy (non-hydrogen) atoms. The Kier molecular flexibility index (Phi) is 6.95. The van der Waals surface area contributed by atoms with Gasteiger partial charge in [0.1, 0.15) is 6.61 Å². The maximum absolute atomic E-state index is 13.5. The minimum Gasteiger partial charge on any atom is -0.371 e. The molecule has 1 saturated heterocycles. The van der Waals surface area contributed by atoms with Crippen LogP contribution in [0.2, 0.25) is 0 Å². The van der Waals surface area contributed by atoms with Gasteiger partial charge in [0.05, 0.1) is 6.61 Å². The Balaban J connectivity index is 0.00000208. The predicted molar refractivity (Wildman–Crippen MR) is 89.3 cm³/mol. The summed E-state index contributed by atoms with van der Waals surface area (Å²) in [5, 5.41) is 6.18. The van der Waals surface area contributed by atoms with Crippen LogP contribution in [-0.4, -0.2) is 38.3 Å². The summed E-state index contributed by atoms with van der Waals surface area (Å²) in [4.78, 5) is 12.0. The molecule has 0 spiro atoms. The fraction of sp³-hybridized carbons (Fsp3) is 0.588. The molecule has 1 heterocycles. The van der Waals surface area contributed by atoms with Gasteiger partial charge in [-0.2, -0.15) is 0 Å². The van der Waals surface area contributed by atoms with Crippen molar-refractivity contribution in [1.29, 1.82) is 0 Å². The van der Waals surface area contributed by atoms with Gasteiger partial charge in [-0.25, -0.2) is 8.78 Å². The fourth-order valence-electron chi connectivity index (χ4n) is 3.00. The van der Waals surface area contributed by atoms with E-state index < -0.39 is 11.6 Å². The number of hydrogen-bond acceptors (Lipinski definition) is 3. The number of benzene rings is 1. The molecule has 7 heteroatoms. The second kappa shape index (κ2) is 8.74. The summed E-state index contributed by atoms with van der Waals surface area (Å²) in [7, 11) is 0. The molecule has 1 aliphatic carbocycles. The topological polar surface area (TPSA) is 50.4 Å². The Hall–Kier alpha value is -1.24. The van der Waals surface area contributed by atoms with Crippen molar-refractivity contribution < 1.29 is 18.3 Å². The highest BCUT2D eigenvalue weighted by molar-refractivity contribution is 5.85. The van der Waals surface area contributed by atoms with Gasteiger partial charge in [0.2, 0.25) is 5.91 Å². The normalized spacial score (nSPS) is 23.4. The molecule has 2 N–H and O–H groups in total. The van der Waals surface area contributed by atoms with E-state index in [1.807, 2.05) is 0 Å². The number of halogens is 3. The van der Waals surface area contributed by atoms with Gasteiger partial charge >= 0.3 is 0 Å². The largest absolute Gasteiger partial charge is 0.371 e. The minimum atomic E-state index is -0.850. The van der Waals surface area contributed by atoms with E-state index in [4.69, 9.17) is 4.74 Å². The molecule has 0 bridgehead atoms.